The smallest absolute Gasteiger partial charge is 0.309 e. The molecule has 0 aliphatic heterocycles. The highest BCUT2D eigenvalue weighted by Crippen LogP contribution is 2.66. The summed E-state index contributed by atoms with van der Waals surface area (Å²) < 4.78 is 9.95. The summed E-state index contributed by atoms with van der Waals surface area (Å²) in [5, 5.41) is 0. The van der Waals surface area contributed by atoms with Crippen LogP contribution in [0.2, 0.25) is 0 Å². The normalized spacial score (nSPS) is 49.0. The highest BCUT2D eigenvalue weighted by Gasteiger charge is 2.66. The van der Waals surface area contributed by atoms with Crippen molar-refractivity contribution in [2.45, 2.75) is 26.7 Å². The molecule has 0 amide bonds. The van der Waals surface area contributed by atoms with Crippen molar-refractivity contribution in [3.05, 3.63) is 0 Å². The monoisotopic (exact) mass is 280 g/mol. The van der Waals surface area contributed by atoms with E-state index in [1.165, 1.54) is 20.6 Å². The molecule has 3 aliphatic rings. The molecule has 112 valence electrons. The van der Waals surface area contributed by atoms with Gasteiger partial charge in [-0.1, -0.05) is 13.8 Å². The molecule has 3 aliphatic carbocycles. The topological polar surface area (TPSA) is 52.6 Å². The van der Waals surface area contributed by atoms with E-state index in [4.69, 9.17) is 9.47 Å². The van der Waals surface area contributed by atoms with Crippen molar-refractivity contribution in [3.63, 3.8) is 0 Å². The Morgan fingerprint density at radius 2 is 1.20 bits per heavy atom. The standard InChI is InChI=1S/C16H24O4/c1-7-5-8(2)12-10-6-9(11(7)12)13(15(17)19-3)14(10)16(18)20-4/h7-14H,5-6H2,1-4H3. The highest BCUT2D eigenvalue weighted by molar-refractivity contribution is 5.83. The van der Waals surface area contributed by atoms with Gasteiger partial charge in [0.15, 0.2) is 0 Å². The number of esters is 2. The van der Waals surface area contributed by atoms with E-state index < -0.39 is 0 Å². The molecule has 4 heteroatoms. The molecule has 4 nitrogen and oxygen atoms in total. The summed E-state index contributed by atoms with van der Waals surface area (Å²) in [7, 11) is 2.84. The van der Waals surface area contributed by atoms with Crippen LogP contribution in [0.25, 0.3) is 0 Å². The van der Waals surface area contributed by atoms with Crippen LogP contribution in [0.3, 0.4) is 0 Å². The van der Waals surface area contributed by atoms with Gasteiger partial charge in [-0.05, 0) is 48.3 Å². The largest absolute Gasteiger partial charge is 0.469 e. The predicted octanol–water partition coefficient (Wildman–Crippen LogP) is 2.12. The van der Waals surface area contributed by atoms with E-state index in [9.17, 15) is 9.59 Å². The molecule has 8 unspecified atom stereocenters. The van der Waals surface area contributed by atoms with Crippen LogP contribution in [-0.4, -0.2) is 26.2 Å². The number of fused-ring (bicyclic) bond motifs is 5. The third-order valence-electron chi connectivity index (χ3n) is 6.29. The van der Waals surface area contributed by atoms with Crippen LogP contribution < -0.4 is 0 Å². The third kappa shape index (κ3) is 1.66. The number of carbonyl (C=O) groups is 2. The van der Waals surface area contributed by atoms with Gasteiger partial charge in [0.05, 0.1) is 26.1 Å². The maximum atomic E-state index is 12.2. The fourth-order valence-corrected chi connectivity index (χ4v) is 5.92. The Kier molecular flexibility index (Phi) is 3.30. The molecule has 0 aromatic carbocycles. The molecule has 3 saturated carbocycles. The van der Waals surface area contributed by atoms with Crippen molar-refractivity contribution >= 4 is 11.9 Å². The van der Waals surface area contributed by atoms with Crippen molar-refractivity contribution in [1.82, 2.24) is 0 Å². The van der Waals surface area contributed by atoms with Gasteiger partial charge in [0, 0.05) is 0 Å². The van der Waals surface area contributed by atoms with Crippen LogP contribution in [0.4, 0.5) is 0 Å². The maximum absolute atomic E-state index is 12.2. The van der Waals surface area contributed by atoms with Gasteiger partial charge in [0.2, 0.25) is 0 Å². The molecule has 0 saturated heterocycles. The van der Waals surface area contributed by atoms with E-state index in [2.05, 4.69) is 13.8 Å². The zero-order valence-electron chi connectivity index (χ0n) is 12.7. The van der Waals surface area contributed by atoms with Crippen LogP contribution in [0, 0.1) is 47.3 Å². The van der Waals surface area contributed by atoms with Gasteiger partial charge in [-0.15, -0.1) is 0 Å². The number of carbonyl (C=O) groups excluding carboxylic acids is 2. The molecule has 0 spiro atoms. The van der Waals surface area contributed by atoms with Crippen LogP contribution >= 0.6 is 0 Å². The first-order chi connectivity index (χ1) is 9.51. The minimum atomic E-state index is -0.286. The van der Waals surface area contributed by atoms with Gasteiger partial charge in [-0.2, -0.15) is 0 Å². The minimum Gasteiger partial charge on any atom is -0.469 e. The zero-order chi connectivity index (χ0) is 14.6. The second-order valence-electron chi connectivity index (χ2n) is 7.01. The van der Waals surface area contributed by atoms with Crippen molar-refractivity contribution in [2.75, 3.05) is 14.2 Å². The fraction of sp³-hybridized carbons (Fsp3) is 0.875. The molecule has 0 N–H and O–H groups in total. The third-order valence-corrected chi connectivity index (χ3v) is 6.29. The summed E-state index contributed by atoms with van der Waals surface area (Å²) in [5.74, 6) is 2.06. The van der Waals surface area contributed by atoms with E-state index in [0.717, 1.165) is 6.42 Å². The van der Waals surface area contributed by atoms with Crippen molar-refractivity contribution < 1.29 is 19.1 Å². The summed E-state index contributed by atoms with van der Waals surface area (Å²) in [6, 6.07) is 0. The molecule has 0 aromatic heterocycles. The van der Waals surface area contributed by atoms with Crippen LogP contribution in [0.1, 0.15) is 26.7 Å². The van der Waals surface area contributed by atoms with Gasteiger partial charge < -0.3 is 9.47 Å². The summed E-state index contributed by atoms with van der Waals surface area (Å²) in [6.07, 6.45) is 2.20. The van der Waals surface area contributed by atoms with E-state index in [1.807, 2.05) is 0 Å². The first kappa shape index (κ1) is 13.9. The SMILES string of the molecule is COC(=O)C1C2CC(C1C(=O)OC)C1C(C)CC(C)C21. The van der Waals surface area contributed by atoms with Gasteiger partial charge >= 0.3 is 11.9 Å². The molecule has 8 atom stereocenters. The van der Waals surface area contributed by atoms with Crippen LogP contribution in [0.5, 0.6) is 0 Å². The van der Waals surface area contributed by atoms with E-state index in [0.29, 0.717) is 35.5 Å². The number of hydrogen-bond donors (Lipinski definition) is 0. The van der Waals surface area contributed by atoms with E-state index in [1.54, 1.807) is 0 Å². The zero-order valence-corrected chi connectivity index (χ0v) is 12.7. The molecule has 3 rings (SSSR count). The first-order valence-electron chi connectivity index (χ1n) is 7.66. The lowest BCUT2D eigenvalue weighted by atomic mass is 9.66. The Labute approximate surface area is 120 Å². The molecular formula is C16H24O4. The first-order valence-corrected chi connectivity index (χ1v) is 7.66. The summed E-state index contributed by atoms with van der Waals surface area (Å²) in [4.78, 5) is 24.4. The molecular weight excluding hydrogens is 256 g/mol. The quantitative estimate of drug-likeness (QED) is 0.727. The second kappa shape index (κ2) is 4.74. The van der Waals surface area contributed by atoms with Gasteiger partial charge in [0.1, 0.15) is 0 Å². The summed E-state index contributed by atoms with van der Waals surface area (Å²) in [5.41, 5.74) is 0. The molecule has 0 aromatic rings. The molecule has 3 fully saturated rings. The van der Waals surface area contributed by atoms with E-state index >= 15 is 0 Å². The molecule has 20 heavy (non-hydrogen) atoms. The highest BCUT2D eigenvalue weighted by atomic mass is 16.5. The summed E-state index contributed by atoms with van der Waals surface area (Å²) >= 11 is 0. The molecule has 2 bridgehead atoms. The lowest BCUT2D eigenvalue weighted by molar-refractivity contribution is -0.163. The predicted molar refractivity (Wildman–Crippen MR) is 72.5 cm³/mol. The Morgan fingerprint density at radius 3 is 1.55 bits per heavy atom. The lowest BCUT2D eigenvalue weighted by Crippen LogP contribution is -2.43. The fourth-order valence-electron chi connectivity index (χ4n) is 5.92. The van der Waals surface area contributed by atoms with E-state index in [-0.39, 0.29) is 23.8 Å². The molecule has 0 radical (unpaired) electrons. The Morgan fingerprint density at radius 1 is 0.800 bits per heavy atom. The van der Waals surface area contributed by atoms with Crippen LogP contribution in [0.15, 0.2) is 0 Å². The van der Waals surface area contributed by atoms with Gasteiger partial charge in [-0.25, -0.2) is 0 Å². The van der Waals surface area contributed by atoms with Crippen LogP contribution in [-0.2, 0) is 19.1 Å². The second-order valence-corrected chi connectivity index (χ2v) is 7.01. The molecule has 0 heterocycles. The van der Waals surface area contributed by atoms with Crippen molar-refractivity contribution in [2.24, 2.45) is 47.3 Å². The van der Waals surface area contributed by atoms with Gasteiger partial charge in [0.25, 0.3) is 0 Å². The Hall–Kier alpha value is -1.06. The van der Waals surface area contributed by atoms with Gasteiger partial charge in [-0.3, -0.25) is 9.59 Å². The number of methoxy groups -OCH3 is 2. The lowest BCUT2D eigenvalue weighted by Gasteiger charge is -2.37. The summed E-state index contributed by atoms with van der Waals surface area (Å²) in [6.45, 7) is 4.59. The average Bonchev–Trinajstić information content (AvgIpc) is 3.07. The number of rotatable bonds is 2. The number of hydrogen-bond acceptors (Lipinski definition) is 4. The van der Waals surface area contributed by atoms with Crippen molar-refractivity contribution in [3.8, 4) is 0 Å². The Balaban J connectivity index is 1.96. The maximum Gasteiger partial charge on any atom is 0.309 e. The number of ether oxygens (including phenoxy) is 2. The van der Waals surface area contributed by atoms with Crippen molar-refractivity contribution in [1.29, 1.82) is 0 Å². The minimum absolute atomic E-state index is 0.224. The Bertz CT molecular complexity index is 394. The average molecular weight is 280 g/mol.